The van der Waals surface area contributed by atoms with Crippen LogP contribution < -0.4 is 15.4 Å². The highest BCUT2D eigenvalue weighted by atomic mass is 32.2. The molecule has 0 aliphatic carbocycles. The van der Waals surface area contributed by atoms with E-state index in [1.54, 1.807) is 35.6 Å². The first kappa shape index (κ1) is 26.7. The summed E-state index contributed by atoms with van der Waals surface area (Å²) >= 11 is 0.688. The minimum absolute atomic E-state index is 0.292. The van der Waals surface area contributed by atoms with Crippen molar-refractivity contribution in [1.29, 1.82) is 0 Å². The molecule has 192 valence electrons. The number of aromatic nitrogens is 1. The molecule has 0 saturated carbocycles. The van der Waals surface area contributed by atoms with Crippen molar-refractivity contribution in [2.24, 2.45) is 0 Å². The molecule has 0 radical (unpaired) electrons. The van der Waals surface area contributed by atoms with Gasteiger partial charge in [0.15, 0.2) is 0 Å². The first-order chi connectivity index (χ1) is 17.9. The maximum Gasteiger partial charge on any atom is 0.243 e. The fourth-order valence-electron chi connectivity index (χ4n) is 3.81. The summed E-state index contributed by atoms with van der Waals surface area (Å²) < 4.78 is 24.1. The number of carbonyl (C=O) groups is 2. The van der Waals surface area contributed by atoms with Crippen LogP contribution in [-0.4, -0.2) is 31.6 Å². The number of thiazole rings is 1. The van der Waals surface area contributed by atoms with Crippen LogP contribution in [0.2, 0.25) is 0 Å². The van der Waals surface area contributed by atoms with Gasteiger partial charge in [0.25, 0.3) is 0 Å². The Morgan fingerprint density at radius 1 is 0.946 bits per heavy atom. The maximum atomic E-state index is 13.4. The van der Waals surface area contributed by atoms with E-state index in [-0.39, 0.29) is 11.8 Å². The van der Waals surface area contributed by atoms with Gasteiger partial charge < -0.3 is 19.9 Å². The molecule has 2 aromatic heterocycles. The molecule has 3 N–H and O–H groups in total. The quantitative estimate of drug-likeness (QED) is 0.240. The van der Waals surface area contributed by atoms with Crippen LogP contribution in [0.5, 0.6) is 0 Å². The summed E-state index contributed by atoms with van der Waals surface area (Å²) in [6.45, 7) is 1.39. The molecule has 0 saturated heterocycles. The molecular weight excluding hydrogens is 529 g/mol. The number of carbonyl (C=O) groups excluding carboxylic acids is 2. The van der Waals surface area contributed by atoms with E-state index in [0.717, 1.165) is 21.0 Å². The molecule has 4 rings (SSSR count). The largest absolute Gasteiger partial charge is 0.755 e. The number of hydrogen-bond donors (Lipinski definition) is 3. The van der Waals surface area contributed by atoms with Crippen LogP contribution in [-0.2, 0) is 33.7 Å². The minimum atomic E-state index is -2.41. The van der Waals surface area contributed by atoms with Crippen LogP contribution in [0, 0.1) is 0 Å². The third kappa shape index (κ3) is 7.80. The van der Waals surface area contributed by atoms with E-state index in [1.165, 1.54) is 18.3 Å². The van der Waals surface area contributed by atoms with Gasteiger partial charge in [-0.1, -0.05) is 48.5 Å². The summed E-state index contributed by atoms with van der Waals surface area (Å²) in [6, 6.07) is 19.2. The third-order valence-electron chi connectivity index (χ3n) is 5.50. The number of hydrogen-bond acceptors (Lipinski definition) is 7. The van der Waals surface area contributed by atoms with Crippen LogP contribution >= 0.6 is 22.7 Å². The second-order valence-electron chi connectivity index (χ2n) is 8.30. The number of nitrogens with zero attached hydrogens (tertiary/aromatic N) is 1. The van der Waals surface area contributed by atoms with Crippen LogP contribution in [0.15, 0.2) is 77.5 Å². The Kier molecular flexibility index (Phi) is 9.18. The SMILES string of the molecule is CC(=O)N[C@@H](Cc1ccccc1)C(=O)N[C@H](Cc1ccc(NS(=O)[O-])cc1)c1csc(-c2cccs2)n1. The molecule has 1 unspecified atom stereocenters. The molecule has 0 fully saturated rings. The van der Waals surface area contributed by atoms with Gasteiger partial charge in [-0.2, -0.15) is 0 Å². The van der Waals surface area contributed by atoms with Gasteiger partial charge in [-0.05, 0) is 41.1 Å². The van der Waals surface area contributed by atoms with E-state index < -0.39 is 23.4 Å². The molecule has 0 bridgehead atoms. The van der Waals surface area contributed by atoms with Crippen molar-refractivity contribution in [2.45, 2.75) is 31.8 Å². The predicted molar refractivity (Wildman–Crippen MR) is 147 cm³/mol. The summed E-state index contributed by atoms with van der Waals surface area (Å²) in [7, 11) is 0. The van der Waals surface area contributed by atoms with Gasteiger partial charge in [-0.15, -0.1) is 22.7 Å². The zero-order valence-corrected chi connectivity index (χ0v) is 22.3. The average Bonchev–Trinajstić information content (AvgIpc) is 3.57. The molecule has 8 nitrogen and oxygen atoms in total. The maximum absolute atomic E-state index is 13.4. The van der Waals surface area contributed by atoms with Gasteiger partial charge in [0.1, 0.15) is 11.0 Å². The van der Waals surface area contributed by atoms with E-state index in [2.05, 4.69) is 15.4 Å². The first-order valence-corrected chi connectivity index (χ1v) is 14.3. The van der Waals surface area contributed by atoms with Gasteiger partial charge in [0.2, 0.25) is 11.8 Å². The zero-order chi connectivity index (χ0) is 26.2. The Hall–Kier alpha value is -3.38. The molecule has 2 aromatic carbocycles. The highest BCUT2D eigenvalue weighted by molar-refractivity contribution is 7.80. The Bertz CT molecular complexity index is 1340. The highest BCUT2D eigenvalue weighted by Crippen LogP contribution is 2.31. The van der Waals surface area contributed by atoms with Crippen molar-refractivity contribution in [3.05, 3.63) is 94.3 Å². The first-order valence-electron chi connectivity index (χ1n) is 11.4. The predicted octanol–water partition coefficient (Wildman–Crippen LogP) is 4.23. The Labute approximate surface area is 225 Å². The molecule has 2 amide bonds. The van der Waals surface area contributed by atoms with Gasteiger partial charge >= 0.3 is 0 Å². The second kappa shape index (κ2) is 12.7. The Morgan fingerprint density at radius 2 is 1.68 bits per heavy atom. The monoisotopic (exact) mass is 553 g/mol. The van der Waals surface area contributed by atoms with Gasteiger partial charge in [-0.25, -0.2) is 4.98 Å². The van der Waals surface area contributed by atoms with Crippen LogP contribution in [0.3, 0.4) is 0 Å². The number of rotatable bonds is 11. The molecule has 0 aliphatic heterocycles. The lowest BCUT2D eigenvalue weighted by molar-refractivity contribution is -0.128. The number of nitrogens with one attached hydrogen (secondary N) is 3. The highest BCUT2D eigenvalue weighted by Gasteiger charge is 2.25. The number of amides is 2. The smallest absolute Gasteiger partial charge is 0.243 e. The topological polar surface area (TPSA) is 123 Å². The average molecular weight is 554 g/mol. The molecule has 37 heavy (non-hydrogen) atoms. The molecule has 11 heteroatoms. The second-order valence-corrected chi connectivity index (χ2v) is 10.8. The normalized spacial score (nSPS) is 13.4. The lowest BCUT2D eigenvalue weighted by Gasteiger charge is -2.23. The summed E-state index contributed by atoms with van der Waals surface area (Å²) in [5.74, 6) is -0.602. The van der Waals surface area contributed by atoms with Crippen LogP contribution in [0.1, 0.15) is 29.8 Å². The van der Waals surface area contributed by atoms with E-state index in [0.29, 0.717) is 24.2 Å². The summed E-state index contributed by atoms with van der Waals surface area (Å²) in [4.78, 5) is 31.2. The molecular formula is C26H25N4O4S3-. The zero-order valence-electron chi connectivity index (χ0n) is 19.9. The van der Waals surface area contributed by atoms with Crippen molar-refractivity contribution >= 4 is 51.4 Å². The van der Waals surface area contributed by atoms with Crippen molar-refractivity contribution < 1.29 is 18.4 Å². The van der Waals surface area contributed by atoms with Crippen molar-refractivity contribution in [3.8, 4) is 9.88 Å². The molecule has 3 atom stereocenters. The number of anilines is 1. The van der Waals surface area contributed by atoms with Crippen molar-refractivity contribution in [3.63, 3.8) is 0 Å². The van der Waals surface area contributed by atoms with Crippen LogP contribution in [0.4, 0.5) is 5.69 Å². The Balaban J connectivity index is 1.58. The van der Waals surface area contributed by atoms with E-state index in [9.17, 15) is 18.4 Å². The summed E-state index contributed by atoms with van der Waals surface area (Å²) in [5.41, 5.74) is 2.98. The molecule has 2 heterocycles. The number of thiophene rings is 1. The van der Waals surface area contributed by atoms with Gasteiger partial charge in [0.05, 0.1) is 16.6 Å². The third-order valence-corrected chi connectivity index (χ3v) is 7.80. The summed E-state index contributed by atoms with van der Waals surface area (Å²) in [6.07, 6.45) is 0.779. The van der Waals surface area contributed by atoms with Crippen molar-refractivity contribution in [1.82, 2.24) is 15.6 Å². The van der Waals surface area contributed by atoms with E-state index in [1.807, 2.05) is 53.2 Å². The molecule has 4 aromatic rings. The fraction of sp³-hybridized carbons (Fsp3) is 0.192. The minimum Gasteiger partial charge on any atom is -0.755 e. The summed E-state index contributed by atoms with van der Waals surface area (Å²) in [5, 5.41) is 10.6. The van der Waals surface area contributed by atoms with Gasteiger partial charge in [0, 0.05) is 35.7 Å². The standard InChI is InChI=1S/C26H26N4O4S3/c1-17(31)27-22(15-18-6-3-2-4-7-18)25(32)28-21(14-19-9-11-20(12-10-19)30-37(33)34)23-16-36-26(29-23)24-8-5-13-35-24/h2-13,16,21-22,30H,14-15H2,1H3,(H,27,31)(H,28,32)(H,33,34)/p-1/t21-,22+/m1/s1. The Morgan fingerprint density at radius 3 is 2.32 bits per heavy atom. The van der Waals surface area contributed by atoms with Crippen LogP contribution in [0.25, 0.3) is 9.88 Å². The van der Waals surface area contributed by atoms with E-state index >= 15 is 0 Å². The van der Waals surface area contributed by atoms with Crippen molar-refractivity contribution in [2.75, 3.05) is 4.72 Å². The number of benzene rings is 2. The fourth-order valence-corrected chi connectivity index (χ4v) is 5.82. The molecule has 0 aliphatic rings. The van der Waals surface area contributed by atoms with Gasteiger partial charge in [-0.3, -0.25) is 13.8 Å². The van der Waals surface area contributed by atoms with E-state index in [4.69, 9.17) is 4.98 Å². The lowest BCUT2D eigenvalue weighted by atomic mass is 10.0. The lowest BCUT2D eigenvalue weighted by Crippen LogP contribution is -2.48. The molecule has 0 spiro atoms.